The maximum Gasteiger partial charge on any atom is 0.208 e. The van der Waals surface area contributed by atoms with E-state index >= 15 is 0 Å². The molecule has 1 saturated carbocycles. The number of rotatable bonds is 9. The Morgan fingerprint density at radius 2 is 1.67 bits per heavy atom. The standard InChI is InChI=1S/C19H39N5O2S/c1-3-20-18(21-13-10-14-23-27(2,25)26)22-17-19(11-6-4-7-12-19)24-15-8-5-9-16-24/h23H,3-17H2,1-2H3,(H2,20,21,22). The van der Waals surface area contributed by atoms with E-state index < -0.39 is 10.0 Å². The van der Waals surface area contributed by atoms with E-state index in [9.17, 15) is 8.42 Å². The number of hydrogen-bond donors (Lipinski definition) is 3. The lowest BCUT2D eigenvalue weighted by Crippen LogP contribution is -2.54. The highest BCUT2D eigenvalue weighted by Crippen LogP contribution is 2.35. The van der Waals surface area contributed by atoms with Gasteiger partial charge in [-0.05, 0) is 52.1 Å². The normalized spacial score (nSPS) is 21.8. The fourth-order valence-corrected chi connectivity index (χ4v) is 4.79. The van der Waals surface area contributed by atoms with E-state index in [1.54, 1.807) is 0 Å². The van der Waals surface area contributed by atoms with Gasteiger partial charge in [0.1, 0.15) is 0 Å². The number of nitrogens with one attached hydrogen (secondary N) is 3. The Hall–Kier alpha value is -0.860. The second-order valence-electron chi connectivity index (χ2n) is 7.97. The maximum atomic E-state index is 11.1. The minimum atomic E-state index is -3.11. The summed E-state index contributed by atoms with van der Waals surface area (Å²) in [4.78, 5) is 7.67. The number of nitrogens with zero attached hydrogens (tertiary/aromatic N) is 2. The predicted molar refractivity (Wildman–Crippen MR) is 113 cm³/mol. The van der Waals surface area contributed by atoms with Gasteiger partial charge in [-0.2, -0.15) is 0 Å². The maximum absolute atomic E-state index is 11.1. The van der Waals surface area contributed by atoms with Crippen molar-refractivity contribution in [3.8, 4) is 0 Å². The van der Waals surface area contributed by atoms with Crippen molar-refractivity contribution >= 4 is 16.0 Å². The number of sulfonamides is 1. The van der Waals surface area contributed by atoms with Crippen LogP contribution < -0.4 is 15.4 Å². The second-order valence-corrected chi connectivity index (χ2v) is 9.81. The Kier molecular flexibility index (Phi) is 9.32. The Morgan fingerprint density at radius 3 is 2.30 bits per heavy atom. The molecule has 0 aromatic rings. The number of likely N-dealkylation sites (tertiary alicyclic amines) is 1. The fraction of sp³-hybridized carbons (Fsp3) is 0.947. The zero-order chi connectivity index (χ0) is 19.6. The van der Waals surface area contributed by atoms with Crippen LogP contribution in [0.3, 0.4) is 0 Å². The first-order valence-corrected chi connectivity index (χ1v) is 12.6. The van der Waals surface area contributed by atoms with Crippen LogP contribution in [0.1, 0.15) is 64.7 Å². The molecule has 158 valence electrons. The molecule has 1 aliphatic heterocycles. The Balaban J connectivity index is 1.91. The molecular weight excluding hydrogens is 362 g/mol. The van der Waals surface area contributed by atoms with Crippen molar-refractivity contribution < 1.29 is 8.42 Å². The molecule has 8 heteroatoms. The molecule has 7 nitrogen and oxygen atoms in total. The summed E-state index contributed by atoms with van der Waals surface area (Å²) in [5, 5.41) is 6.68. The van der Waals surface area contributed by atoms with Crippen LogP contribution in [0.5, 0.6) is 0 Å². The van der Waals surface area contributed by atoms with Crippen molar-refractivity contribution in [1.82, 2.24) is 20.3 Å². The largest absolute Gasteiger partial charge is 0.357 e. The van der Waals surface area contributed by atoms with E-state index in [1.165, 1.54) is 70.7 Å². The van der Waals surface area contributed by atoms with Crippen LogP contribution in [0.25, 0.3) is 0 Å². The van der Waals surface area contributed by atoms with Crippen LogP contribution in [0.2, 0.25) is 0 Å². The summed E-state index contributed by atoms with van der Waals surface area (Å²) in [6.07, 6.45) is 12.4. The minimum absolute atomic E-state index is 0.235. The Labute approximate surface area is 165 Å². The van der Waals surface area contributed by atoms with Crippen molar-refractivity contribution in [1.29, 1.82) is 0 Å². The summed E-state index contributed by atoms with van der Waals surface area (Å²) in [5.41, 5.74) is 0.235. The Morgan fingerprint density at radius 1 is 1.00 bits per heavy atom. The van der Waals surface area contributed by atoms with Crippen LogP contribution in [0, 0.1) is 0 Å². The number of hydrogen-bond acceptors (Lipinski definition) is 4. The lowest BCUT2D eigenvalue weighted by molar-refractivity contribution is 0.0407. The van der Waals surface area contributed by atoms with Crippen LogP contribution in [-0.2, 0) is 10.0 Å². The first kappa shape index (κ1) is 22.4. The van der Waals surface area contributed by atoms with Gasteiger partial charge >= 0.3 is 0 Å². The molecule has 3 N–H and O–H groups in total. The Bertz CT molecular complexity index is 552. The third-order valence-corrected chi connectivity index (χ3v) is 6.43. The monoisotopic (exact) mass is 401 g/mol. The topological polar surface area (TPSA) is 85.8 Å². The molecule has 0 atom stereocenters. The molecule has 0 unspecified atom stereocenters. The quantitative estimate of drug-likeness (QED) is 0.311. The van der Waals surface area contributed by atoms with Gasteiger partial charge in [0, 0.05) is 25.2 Å². The van der Waals surface area contributed by atoms with E-state index in [2.05, 4.69) is 27.2 Å². The first-order valence-electron chi connectivity index (χ1n) is 10.7. The van der Waals surface area contributed by atoms with Gasteiger partial charge in [-0.25, -0.2) is 13.1 Å². The lowest BCUT2D eigenvalue weighted by Gasteiger charge is -2.47. The molecule has 1 aliphatic carbocycles. The number of guanidine groups is 1. The molecule has 0 radical (unpaired) electrons. The van der Waals surface area contributed by atoms with Crippen molar-refractivity contribution in [3.63, 3.8) is 0 Å². The average molecular weight is 402 g/mol. The molecule has 27 heavy (non-hydrogen) atoms. The van der Waals surface area contributed by atoms with Crippen molar-refractivity contribution in [2.24, 2.45) is 4.99 Å². The van der Waals surface area contributed by atoms with E-state index in [1.807, 2.05) is 0 Å². The zero-order valence-corrected chi connectivity index (χ0v) is 18.0. The zero-order valence-electron chi connectivity index (χ0n) is 17.2. The summed E-state index contributed by atoms with van der Waals surface area (Å²) < 4.78 is 24.8. The molecule has 0 amide bonds. The highest BCUT2D eigenvalue weighted by atomic mass is 32.2. The predicted octanol–water partition coefficient (Wildman–Crippen LogP) is 1.67. The molecule has 0 aromatic heterocycles. The third kappa shape index (κ3) is 7.95. The molecule has 0 bridgehead atoms. The van der Waals surface area contributed by atoms with Gasteiger partial charge in [0.2, 0.25) is 10.0 Å². The molecule has 0 spiro atoms. The van der Waals surface area contributed by atoms with Gasteiger partial charge in [0.25, 0.3) is 0 Å². The summed E-state index contributed by atoms with van der Waals surface area (Å²) in [5.74, 6) is 0.846. The molecule has 1 saturated heterocycles. The van der Waals surface area contributed by atoms with E-state index in [4.69, 9.17) is 4.99 Å². The van der Waals surface area contributed by atoms with Gasteiger partial charge < -0.3 is 10.6 Å². The van der Waals surface area contributed by atoms with Crippen LogP contribution in [0.4, 0.5) is 0 Å². The number of aliphatic imine (C=N–C) groups is 1. The minimum Gasteiger partial charge on any atom is -0.357 e. The lowest BCUT2D eigenvalue weighted by atomic mass is 9.79. The second kappa shape index (κ2) is 11.2. The van der Waals surface area contributed by atoms with Crippen molar-refractivity contribution in [3.05, 3.63) is 0 Å². The summed E-state index contributed by atoms with van der Waals surface area (Å²) in [6, 6.07) is 0. The van der Waals surface area contributed by atoms with E-state index in [0.29, 0.717) is 13.1 Å². The first-order chi connectivity index (χ1) is 13.0. The van der Waals surface area contributed by atoms with Crippen LogP contribution in [-0.4, -0.2) is 70.3 Å². The molecule has 0 aromatic carbocycles. The smallest absolute Gasteiger partial charge is 0.208 e. The molecule has 2 rings (SSSR count). The van der Waals surface area contributed by atoms with Crippen molar-refractivity contribution in [2.75, 3.05) is 45.5 Å². The van der Waals surface area contributed by atoms with E-state index in [-0.39, 0.29) is 5.54 Å². The van der Waals surface area contributed by atoms with Gasteiger partial charge in [0.05, 0.1) is 12.8 Å². The van der Waals surface area contributed by atoms with Gasteiger partial charge in [0.15, 0.2) is 5.96 Å². The summed E-state index contributed by atoms with van der Waals surface area (Å²) >= 11 is 0. The fourth-order valence-electron chi connectivity index (χ4n) is 4.27. The highest BCUT2D eigenvalue weighted by Gasteiger charge is 2.38. The van der Waals surface area contributed by atoms with Crippen molar-refractivity contribution in [2.45, 2.75) is 70.3 Å². The number of piperidine rings is 1. The van der Waals surface area contributed by atoms with Crippen LogP contribution >= 0.6 is 0 Å². The molecule has 2 aliphatic rings. The molecular formula is C19H39N5O2S. The van der Waals surface area contributed by atoms with Gasteiger partial charge in [-0.1, -0.05) is 25.7 Å². The van der Waals surface area contributed by atoms with Crippen LogP contribution in [0.15, 0.2) is 4.99 Å². The van der Waals surface area contributed by atoms with Gasteiger partial charge in [-0.3, -0.25) is 9.89 Å². The van der Waals surface area contributed by atoms with Gasteiger partial charge in [-0.15, -0.1) is 0 Å². The summed E-state index contributed by atoms with van der Waals surface area (Å²) in [7, 11) is -3.11. The molecule has 2 fully saturated rings. The SMILES string of the molecule is CCNC(=NCC1(N2CCCCC2)CCCCC1)NCCCNS(C)(=O)=O. The third-order valence-electron chi connectivity index (χ3n) is 5.70. The van der Waals surface area contributed by atoms with E-state index in [0.717, 1.165) is 25.5 Å². The summed E-state index contributed by atoms with van der Waals surface area (Å²) in [6.45, 7) is 7.33. The average Bonchev–Trinajstić information content (AvgIpc) is 2.66. The molecule has 1 heterocycles. The highest BCUT2D eigenvalue weighted by molar-refractivity contribution is 7.88.